The number of aliphatic imine (C=N–C) groups is 1. The molecule has 0 unspecified atom stereocenters. The van der Waals surface area contributed by atoms with E-state index in [1.165, 1.54) is 5.56 Å². The Morgan fingerprint density at radius 3 is 2.37 bits per heavy atom. The zero-order chi connectivity index (χ0) is 13.7. The summed E-state index contributed by atoms with van der Waals surface area (Å²) >= 11 is 1.60. The van der Waals surface area contributed by atoms with Gasteiger partial charge in [-0.05, 0) is 35.7 Å². The molecule has 0 aromatic heterocycles. The van der Waals surface area contributed by atoms with Crippen LogP contribution in [0.1, 0.15) is 25.3 Å². The van der Waals surface area contributed by atoms with Crippen LogP contribution in [-0.4, -0.2) is 6.08 Å². The van der Waals surface area contributed by atoms with Crippen LogP contribution >= 0.6 is 11.8 Å². The smallest absolute Gasteiger partial charge is 0.211 e. The molecule has 0 saturated carbocycles. The zero-order valence-corrected chi connectivity index (χ0v) is 11.8. The summed E-state index contributed by atoms with van der Waals surface area (Å²) in [5, 5.41) is 0. The van der Waals surface area contributed by atoms with E-state index in [4.69, 9.17) is 0 Å². The van der Waals surface area contributed by atoms with Crippen LogP contribution in [-0.2, 0) is 4.79 Å². The van der Waals surface area contributed by atoms with Crippen LogP contribution in [0.4, 0.5) is 5.69 Å². The molecule has 0 spiro atoms. The topological polar surface area (TPSA) is 29.4 Å². The molecular formula is C16H15NOS. The molecule has 0 aliphatic heterocycles. The maximum atomic E-state index is 10.4. The van der Waals surface area contributed by atoms with Gasteiger partial charge in [-0.1, -0.05) is 49.9 Å². The average Bonchev–Trinajstić information content (AvgIpc) is 2.42. The van der Waals surface area contributed by atoms with E-state index in [9.17, 15) is 4.79 Å². The lowest BCUT2D eigenvalue weighted by Crippen LogP contribution is -1.85. The molecular weight excluding hydrogens is 254 g/mol. The maximum Gasteiger partial charge on any atom is 0.240 e. The number of isocyanates is 1. The fourth-order valence-electron chi connectivity index (χ4n) is 1.73. The predicted molar refractivity (Wildman–Crippen MR) is 78.9 cm³/mol. The SMILES string of the molecule is CC(C)c1ccc(Sc2ccccc2N=C=O)cc1. The molecule has 0 heterocycles. The molecule has 0 aliphatic rings. The van der Waals surface area contributed by atoms with Crippen LogP contribution in [0.2, 0.25) is 0 Å². The van der Waals surface area contributed by atoms with E-state index < -0.39 is 0 Å². The Morgan fingerprint density at radius 1 is 1.05 bits per heavy atom. The second-order valence-corrected chi connectivity index (χ2v) is 5.61. The molecule has 0 aliphatic carbocycles. The highest BCUT2D eigenvalue weighted by atomic mass is 32.2. The normalized spacial score (nSPS) is 10.3. The minimum atomic E-state index is 0.533. The van der Waals surface area contributed by atoms with Crippen molar-refractivity contribution in [2.24, 2.45) is 4.99 Å². The fraction of sp³-hybridized carbons (Fsp3) is 0.188. The van der Waals surface area contributed by atoms with Gasteiger partial charge in [-0.2, -0.15) is 4.99 Å². The second kappa shape index (κ2) is 6.37. The molecule has 3 heteroatoms. The van der Waals surface area contributed by atoms with Gasteiger partial charge in [0.05, 0.1) is 5.69 Å². The third-order valence-electron chi connectivity index (χ3n) is 2.81. The van der Waals surface area contributed by atoms with Gasteiger partial charge in [-0.3, -0.25) is 0 Å². The van der Waals surface area contributed by atoms with Crippen molar-refractivity contribution in [2.45, 2.75) is 29.6 Å². The van der Waals surface area contributed by atoms with Crippen molar-refractivity contribution in [2.75, 3.05) is 0 Å². The Kier molecular flexibility index (Phi) is 4.56. The zero-order valence-electron chi connectivity index (χ0n) is 11.0. The van der Waals surface area contributed by atoms with Crippen molar-refractivity contribution in [1.29, 1.82) is 0 Å². The highest BCUT2D eigenvalue weighted by molar-refractivity contribution is 7.99. The lowest BCUT2D eigenvalue weighted by Gasteiger charge is -2.07. The number of carbonyl (C=O) groups excluding carboxylic acids is 1. The molecule has 0 radical (unpaired) electrons. The monoisotopic (exact) mass is 269 g/mol. The number of nitrogens with zero attached hydrogens (tertiary/aromatic N) is 1. The van der Waals surface area contributed by atoms with Crippen LogP contribution in [0.3, 0.4) is 0 Å². The van der Waals surface area contributed by atoms with Gasteiger partial charge < -0.3 is 0 Å². The highest BCUT2D eigenvalue weighted by Gasteiger charge is 2.04. The van der Waals surface area contributed by atoms with Crippen molar-refractivity contribution in [1.82, 2.24) is 0 Å². The number of hydrogen-bond donors (Lipinski definition) is 0. The van der Waals surface area contributed by atoms with Crippen LogP contribution in [0, 0.1) is 0 Å². The summed E-state index contributed by atoms with van der Waals surface area (Å²) in [6.45, 7) is 4.35. The lowest BCUT2D eigenvalue weighted by atomic mass is 10.0. The van der Waals surface area contributed by atoms with E-state index in [0.29, 0.717) is 11.6 Å². The maximum absolute atomic E-state index is 10.4. The molecule has 0 fully saturated rings. The molecule has 0 bridgehead atoms. The Balaban J connectivity index is 2.23. The molecule has 2 nitrogen and oxygen atoms in total. The second-order valence-electron chi connectivity index (χ2n) is 4.50. The quantitative estimate of drug-likeness (QED) is 0.582. The third-order valence-corrected chi connectivity index (χ3v) is 3.88. The summed E-state index contributed by atoms with van der Waals surface area (Å²) in [6, 6.07) is 16.0. The molecule has 2 aromatic rings. The first kappa shape index (κ1) is 13.6. The van der Waals surface area contributed by atoms with E-state index in [1.54, 1.807) is 17.8 Å². The number of benzene rings is 2. The number of rotatable bonds is 4. The summed E-state index contributed by atoms with van der Waals surface area (Å²) in [6.07, 6.45) is 1.60. The van der Waals surface area contributed by atoms with E-state index >= 15 is 0 Å². The first-order valence-corrected chi connectivity index (χ1v) is 6.97. The molecule has 0 saturated heterocycles. The van der Waals surface area contributed by atoms with E-state index in [-0.39, 0.29) is 0 Å². The lowest BCUT2D eigenvalue weighted by molar-refractivity contribution is 0.565. The van der Waals surface area contributed by atoms with Gasteiger partial charge in [-0.25, -0.2) is 4.79 Å². The van der Waals surface area contributed by atoms with Gasteiger partial charge in [0.15, 0.2) is 0 Å². The molecule has 96 valence electrons. The largest absolute Gasteiger partial charge is 0.240 e. The number of hydrogen-bond acceptors (Lipinski definition) is 3. The summed E-state index contributed by atoms with van der Waals surface area (Å²) < 4.78 is 0. The van der Waals surface area contributed by atoms with Gasteiger partial charge >= 0.3 is 0 Å². The van der Waals surface area contributed by atoms with Crippen LogP contribution in [0.25, 0.3) is 0 Å². The Morgan fingerprint density at radius 2 is 1.74 bits per heavy atom. The molecule has 19 heavy (non-hydrogen) atoms. The van der Waals surface area contributed by atoms with Gasteiger partial charge in [0, 0.05) is 9.79 Å². The molecule has 0 N–H and O–H groups in total. The molecule has 2 aromatic carbocycles. The van der Waals surface area contributed by atoms with Gasteiger partial charge in [0.25, 0.3) is 0 Å². The van der Waals surface area contributed by atoms with Crippen molar-refractivity contribution >= 4 is 23.5 Å². The molecule has 0 amide bonds. The first-order valence-electron chi connectivity index (χ1n) is 6.15. The minimum absolute atomic E-state index is 0.533. The third kappa shape index (κ3) is 3.57. The number of para-hydroxylation sites is 1. The summed E-state index contributed by atoms with van der Waals surface area (Å²) in [7, 11) is 0. The summed E-state index contributed by atoms with van der Waals surface area (Å²) in [5.41, 5.74) is 1.99. The van der Waals surface area contributed by atoms with Gasteiger partial charge in [0.2, 0.25) is 6.08 Å². The fourth-order valence-corrected chi connectivity index (χ4v) is 2.62. The van der Waals surface area contributed by atoms with Crippen LogP contribution < -0.4 is 0 Å². The van der Waals surface area contributed by atoms with Crippen LogP contribution in [0.15, 0.2) is 63.3 Å². The summed E-state index contributed by atoms with van der Waals surface area (Å²) in [4.78, 5) is 16.2. The van der Waals surface area contributed by atoms with Crippen molar-refractivity contribution in [3.05, 3.63) is 54.1 Å². The van der Waals surface area contributed by atoms with E-state index in [0.717, 1.165) is 9.79 Å². The van der Waals surface area contributed by atoms with Crippen molar-refractivity contribution in [3.63, 3.8) is 0 Å². The van der Waals surface area contributed by atoms with Gasteiger partial charge in [-0.15, -0.1) is 0 Å². The minimum Gasteiger partial charge on any atom is -0.211 e. The molecule has 2 rings (SSSR count). The van der Waals surface area contributed by atoms with E-state index in [1.807, 2.05) is 24.3 Å². The van der Waals surface area contributed by atoms with Crippen LogP contribution in [0.5, 0.6) is 0 Å². The standard InChI is InChI=1S/C16H15NOS/c1-12(2)13-7-9-14(10-8-13)19-16-6-4-3-5-15(16)17-11-18/h3-10,12H,1-2H3. The Hall–Kier alpha value is -1.83. The predicted octanol–water partition coefficient (Wildman–Crippen LogP) is 4.93. The van der Waals surface area contributed by atoms with Gasteiger partial charge in [0.1, 0.15) is 0 Å². The van der Waals surface area contributed by atoms with Crippen molar-refractivity contribution in [3.8, 4) is 0 Å². The highest BCUT2D eigenvalue weighted by Crippen LogP contribution is 2.35. The Labute approximate surface area is 117 Å². The first-order chi connectivity index (χ1) is 9.20. The molecule has 0 atom stereocenters. The van der Waals surface area contributed by atoms with Crippen molar-refractivity contribution < 1.29 is 4.79 Å². The average molecular weight is 269 g/mol. The summed E-state index contributed by atoms with van der Waals surface area (Å²) in [5.74, 6) is 0.533. The van der Waals surface area contributed by atoms with E-state index in [2.05, 4.69) is 43.1 Å². The Bertz CT molecular complexity index is 598.